The zero-order valence-corrected chi connectivity index (χ0v) is 15.6. The Morgan fingerprint density at radius 1 is 1.08 bits per heavy atom. The Morgan fingerprint density at radius 3 is 2.17 bits per heavy atom. The number of carbonyl (C=O) groups is 2. The molecule has 7 heteroatoms. The molecule has 1 atom stereocenters. The first-order valence-corrected chi connectivity index (χ1v) is 8.26. The van der Waals surface area contributed by atoms with Crippen molar-refractivity contribution >= 4 is 12.2 Å². The first-order chi connectivity index (χ1) is 10.9. The number of hydrogen-bond donors (Lipinski definition) is 1. The largest absolute Gasteiger partial charge is 0.444 e. The van der Waals surface area contributed by atoms with Crippen LogP contribution in [0.1, 0.15) is 60.8 Å². The molecule has 1 N–H and O–H groups in total. The highest BCUT2D eigenvalue weighted by Crippen LogP contribution is 2.23. The molecule has 1 rings (SSSR count). The van der Waals surface area contributed by atoms with Gasteiger partial charge >= 0.3 is 12.2 Å². The number of ether oxygens (including phenoxy) is 2. The summed E-state index contributed by atoms with van der Waals surface area (Å²) >= 11 is 0. The predicted octanol–water partition coefficient (Wildman–Crippen LogP) is 3.19. The van der Waals surface area contributed by atoms with Crippen molar-refractivity contribution in [3.63, 3.8) is 0 Å². The van der Waals surface area contributed by atoms with Gasteiger partial charge in [0.05, 0.1) is 12.6 Å². The van der Waals surface area contributed by atoms with Crippen molar-refractivity contribution in [3.8, 4) is 6.07 Å². The summed E-state index contributed by atoms with van der Waals surface area (Å²) in [5.74, 6) is 0. The second kappa shape index (κ2) is 7.29. The van der Waals surface area contributed by atoms with E-state index in [9.17, 15) is 14.9 Å². The third-order valence-corrected chi connectivity index (χ3v) is 3.35. The van der Waals surface area contributed by atoms with Crippen LogP contribution in [0.3, 0.4) is 0 Å². The van der Waals surface area contributed by atoms with E-state index in [0.717, 1.165) is 12.8 Å². The van der Waals surface area contributed by atoms with Gasteiger partial charge in [-0.1, -0.05) is 0 Å². The van der Waals surface area contributed by atoms with Gasteiger partial charge in [0.15, 0.2) is 0 Å². The average Bonchev–Trinajstić information content (AvgIpc) is 2.57. The summed E-state index contributed by atoms with van der Waals surface area (Å²) in [6.45, 7) is 11.2. The predicted molar refractivity (Wildman–Crippen MR) is 89.4 cm³/mol. The van der Waals surface area contributed by atoms with Crippen molar-refractivity contribution in [1.82, 2.24) is 10.2 Å². The zero-order valence-electron chi connectivity index (χ0n) is 15.6. The zero-order chi connectivity index (χ0) is 18.6. The molecular weight excluding hydrogens is 310 g/mol. The van der Waals surface area contributed by atoms with Crippen molar-refractivity contribution < 1.29 is 19.1 Å². The lowest BCUT2D eigenvalue weighted by Gasteiger charge is -2.33. The van der Waals surface area contributed by atoms with Crippen LogP contribution in [0.5, 0.6) is 0 Å². The number of amides is 2. The second-order valence-corrected chi connectivity index (χ2v) is 8.18. The summed E-state index contributed by atoms with van der Waals surface area (Å²) in [4.78, 5) is 25.9. The van der Waals surface area contributed by atoms with Crippen molar-refractivity contribution in [2.24, 2.45) is 0 Å². The van der Waals surface area contributed by atoms with E-state index in [1.165, 1.54) is 4.90 Å². The van der Waals surface area contributed by atoms with E-state index in [0.29, 0.717) is 13.0 Å². The SMILES string of the molecule is CC(C)(C)OC(=O)NC1(C#N)CCCCN(C(=O)OC(C)(C)C)C1. The third-order valence-electron chi connectivity index (χ3n) is 3.35. The molecule has 0 spiro atoms. The van der Waals surface area contributed by atoms with Crippen LogP contribution < -0.4 is 5.32 Å². The Kier molecular flexibility index (Phi) is 6.09. The number of carbonyl (C=O) groups excluding carboxylic acids is 2. The maximum atomic E-state index is 12.3. The molecule has 1 fully saturated rings. The highest BCUT2D eigenvalue weighted by molar-refractivity contribution is 5.71. The van der Waals surface area contributed by atoms with Crippen LogP contribution in [0.4, 0.5) is 9.59 Å². The molecule has 1 saturated heterocycles. The Bertz CT molecular complexity index is 513. The van der Waals surface area contributed by atoms with E-state index in [1.54, 1.807) is 41.5 Å². The molecule has 0 aromatic rings. The molecule has 0 aromatic heterocycles. The molecule has 2 amide bonds. The highest BCUT2D eigenvalue weighted by atomic mass is 16.6. The first kappa shape index (κ1) is 20.1. The lowest BCUT2D eigenvalue weighted by Crippen LogP contribution is -2.56. The Balaban J connectivity index is 2.87. The van der Waals surface area contributed by atoms with E-state index < -0.39 is 28.9 Å². The number of alkyl carbamates (subject to hydrolysis) is 1. The normalized spacial score (nSPS) is 22.1. The number of nitriles is 1. The number of nitrogens with one attached hydrogen (secondary N) is 1. The molecule has 0 saturated carbocycles. The molecule has 0 aliphatic carbocycles. The smallest absolute Gasteiger partial charge is 0.410 e. The van der Waals surface area contributed by atoms with E-state index >= 15 is 0 Å². The topological polar surface area (TPSA) is 91.7 Å². The molecule has 1 aliphatic heterocycles. The van der Waals surface area contributed by atoms with Gasteiger partial charge < -0.3 is 19.7 Å². The monoisotopic (exact) mass is 339 g/mol. The van der Waals surface area contributed by atoms with Gasteiger partial charge in [-0.25, -0.2) is 9.59 Å². The fourth-order valence-electron chi connectivity index (χ4n) is 2.42. The molecular formula is C17H29N3O4. The van der Waals surface area contributed by atoms with E-state index in [-0.39, 0.29) is 6.54 Å². The summed E-state index contributed by atoms with van der Waals surface area (Å²) in [7, 11) is 0. The summed E-state index contributed by atoms with van der Waals surface area (Å²) in [6.07, 6.45) is 0.800. The van der Waals surface area contributed by atoms with Crippen LogP contribution in [0, 0.1) is 11.3 Å². The highest BCUT2D eigenvalue weighted by Gasteiger charge is 2.39. The molecule has 1 unspecified atom stereocenters. The number of nitrogens with zero attached hydrogens (tertiary/aromatic N) is 2. The van der Waals surface area contributed by atoms with Gasteiger partial charge in [-0.2, -0.15) is 5.26 Å². The third kappa shape index (κ3) is 6.65. The van der Waals surface area contributed by atoms with Crippen LogP contribution in [-0.2, 0) is 9.47 Å². The van der Waals surface area contributed by atoms with E-state index in [4.69, 9.17) is 9.47 Å². The van der Waals surface area contributed by atoms with Crippen LogP contribution in [0.2, 0.25) is 0 Å². The van der Waals surface area contributed by atoms with Crippen LogP contribution in [0.15, 0.2) is 0 Å². The molecule has 136 valence electrons. The molecule has 0 radical (unpaired) electrons. The lowest BCUT2D eigenvalue weighted by molar-refractivity contribution is 0.0201. The minimum absolute atomic E-state index is 0.0810. The van der Waals surface area contributed by atoms with Gasteiger partial charge in [-0.05, 0) is 60.8 Å². The standard InChI is InChI=1S/C17H29N3O4/c1-15(2,3)23-13(21)19-17(11-18)9-7-8-10-20(12-17)14(22)24-16(4,5)6/h7-10,12H2,1-6H3,(H,19,21). The van der Waals surface area contributed by atoms with E-state index in [1.807, 2.05) is 0 Å². The van der Waals surface area contributed by atoms with Crippen molar-refractivity contribution in [2.75, 3.05) is 13.1 Å². The summed E-state index contributed by atoms with van der Waals surface area (Å²) < 4.78 is 10.6. The van der Waals surface area contributed by atoms with Crippen molar-refractivity contribution in [1.29, 1.82) is 5.26 Å². The lowest BCUT2D eigenvalue weighted by atomic mass is 9.95. The summed E-state index contributed by atoms with van der Waals surface area (Å²) in [6, 6.07) is 2.16. The number of likely N-dealkylation sites (tertiary alicyclic amines) is 1. The quantitative estimate of drug-likeness (QED) is 0.792. The van der Waals surface area contributed by atoms with Crippen molar-refractivity contribution in [2.45, 2.75) is 77.5 Å². The van der Waals surface area contributed by atoms with Gasteiger partial charge in [0.25, 0.3) is 0 Å². The van der Waals surface area contributed by atoms with Crippen LogP contribution >= 0.6 is 0 Å². The number of hydrogen-bond acceptors (Lipinski definition) is 5. The maximum Gasteiger partial charge on any atom is 0.410 e. The van der Waals surface area contributed by atoms with Crippen LogP contribution in [-0.4, -0.2) is 46.9 Å². The minimum Gasteiger partial charge on any atom is -0.444 e. The van der Waals surface area contributed by atoms with Gasteiger partial charge in [0.2, 0.25) is 0 Å². The van der Waals surface area contributed by atoms with Crippen LogP contribution in [0.25, 0.3) is 0 Å². The molecule has 7 nitrogen and oxygen atoms in total. The fourth-order valence-corrected chi connectivity index (χ4v) is 2.42. The Labute approximate surface area is 144 Å². The Hall–Kier alpha value is -1.97. The Morgan fingerprint density at radius 2 is 1.67 bits per heavy atom. The average molecular weight is 339 g/mol. The summed E-state index contributed by atoms with van der Waals surface area (Å²) in [5, 5.41) is 12.3. The first-order valence-electron chi connectivity index (χ1n) is 8.26. The fraction of sp³-hybridized carbons (Fsp3) is 0.824. The van der Waals surface area contributed by atoms with Gasteiger partial charge in [0.1, 0.15) is 16.7 Å². The number of rotatable bonds is 1. The maximum absolute atomic E-state index is 12.3. The molecule has 0 aromatic carbocycles. The van der Waals surface area contributed by atoms with Crippen molar-refractivity contribution in [3.05, 3.63) is 0 Å². The summed E-state index contributed by atoms with van der Waals surface area (Å²) in [5.41, 5.74) is -2.44. The molecule has 0 bridgehead atoms. The van der Waals surface area contributed by atoms with Gasteiger partial charge in [-0.3, -0.25) is 0 Å². The molecule has 1 heterocycles. The molecule has 1 aliphatic rings. The van der Waals surface area contributed by atoms with Gasteiger partial charge in [0, 0.05) is 6.54 Å². The second-order valence-electron chi connectivity index (χ2n) is 8.18. The minimum atomic E-state index is -1.17. The molecule has 24 heavy (non-hydrogen) atoms. The van der Waals surface area contributed by atoms with E-state index in [2.05, 4.69) is 11.4 Å². The van der Waals surface area contributed by atoms with Gasteiger partial charge in [-0.15, -0.1) is 0 Å².